The van der Waals surface area contributed by atoms with E-state index in [1.807, 2.05) is 24.3 Å². The van der Waals surface area contributed by atoms with Crippen LogP contribution in [0.3, 0.4) is 0 Å². The topological polar surface area (TPSA) is 82.3 Å². The largest absolute Gasteiger partial charge is 0.356 e. The van der Waals surface area contributed by atoms with E-state index in [0.717, 1.165) is 30.8 Å². The van der Waals surface area contributed by atoms with Crippen molar-refractivity contribution < 1.29 is 13.2 Å². The number of aromatic nitrogens is 1. The summed E-state index contributed by atoms with van der Waals surface area (Å²) in [6.45, 7) is 1.52. The number of nitrogens with one attached hydrogen (secondary N) is 2. The second-order valence-corrected chi connectivity index (χ2v) is 11.2. The van der Waals surface area contributed by atoms with Crippen molar-refractivity contribution in [3.05, 3.63) is 52.8 Å². The second kappa shape index (κ2) is 8.34. The molecule has 1 saturated heterocycles. The minimum atomic E-state index is -3.56. The van der Waals surface area contributed by atoms with Crippen LogP contribution in [0.4, 0.5) is 0 Å². The summed E-state index contributed by atoms with van der Waals surface area (Å²) in [6, 6.07) is 9.22. The van der Waals surface area contributed by atoms with Crippen LogP contribution in [0, 0.1) is 0 Å². The molecule has 2 aliphatic rings. The predicted molar refractivity (Wildman–Crippen MR) is 116 cm³/mol. The lowest BCUT2D eigenvalue weighted by Gasteiger charge is -2.42. The van der Waals surface area contributed by atoms with Crippen molar-refractivity contribution >= 4 is 39.3 Å². The van der Waals surface area contributed by atoms with Crippen LogP contribution in [0.25, 0.3) is 0 Å². The van der Waals surface area contributed by atoms with Gasteiger partial charge in [-0.25, -0.2) is 8.42 Å². The summed E-state index contributed by atoms with van der Waals surface area (Å²) < 4.78 is 27.0. The number of H-pyrrole nitrogens is 1. The first-order chi connectivity index (χ1) is 13.9. The van der Waals surface area contributed by atoms with Gasteiger partial charge in [0.1, 0.15) is 10.6 Å². The van der Waals surface area contributed by atoms with Crippen LogP contribution in [-0.4, -0.2) is 54.8 Å². The lowest BCUT2D eigenvalue weighted by molar-refractivity contribution is 0.0923. The molecule has 29 heavy (non-hydrogen) atoms. The molecule has 0 atom stereocenters. The van der Waals surface area contributed by atoms with Gasteiger partial charge in [0.05, 0.1) is 0 Å². The second-order valence-electron chi connectivity index (χ2n) is 7.59. The molecule has 1 amide bonds. The van der Waals surface area contributed by atoms with Crippen LogP contribution >= 0.6 is 23.4 Å². The summed E-state index contributed by atoms with van der Waals surface area (Å²) >= 11 is 7.75. The molecule has 0 spiro atoms. The average molecular weight is 454 g/mol. The van der Waals surface area contributed by atoms with Crippen molar-refractivity contribution in [2.24, 2.45) is 0 Å². The van der Waals surface area contributed by atoms with Gasteiger partial charge in [0.2, 0.25) is 10.0 Å². The maximum atomic E-state index is 12.8. The molecule has 156 valence electrons. The Hall–Kier alpha value is -1.48. The first kappa shape index (κ1) is 20.8. The molecule has 2 heterocycles. The summed E-state index contributed by atoms with van der Waals surface area (Å²) in [6.07, 6.45) is 4.54. The minimum Gasteiger partial charge on any atom is -0.356 e. The number of thioether (sulfide) groups is 1. The van der Waals surface area contributed by atoms with Gasteiger partial charge in [-0.1, -0.05) is 30.2 Å². The van der Waals surface area contributed by atoms with E-state index in [0.29, 0.717) is 24.7 Å². The average Bonchev–Trinajstić information content (AvgIpc) is 3.20. The molecule has 4 rings (SSSR count). The highest BCUT2D eigenvalue weighted by atomic mass is 35.5. The lowest BCUT2D eigenvalue weighted by atomic mass is 9.64. The van der Waals surface area contributed by atoms with Crippen LogP contribution in [0.5, 0.6) is 0 Å². The highest BCUT2D eigenvalue weighted by Crippen LogP contribution is 2.43. The number of nitrogens with zero attached hydrogens (tertiary/aromatic N) is 1. The number of carbonyl (C=O) groups excluding carboxylic acids is 1. The molecule has 1 aromatic carbocycles. The number of sulfonamides is 1. The van der Waals surface area contributed by atoms with Gasteiger partial charge >= 0.3 is 0 Å². The maximum Gasteiger partial charge on any atom is 0.267 e. The highest BCUT2D eigenvalue weighted by molar-refractivity contribution is 7.99. The summed E-state index contributed by atoms with van der Waals surface area (Å²) in [5.74, 6) is 1.30. The number of halogens is 1. The third-order valence-corrected chi connectivity index (χ3v) is 8.93. The zero-order valence-corrected chi connectivity index (χ0v) is 18.4. The van der Waals surface area contributed by atoms with Crippen molar-refractivity contribution in [3.63, 3.8) is 0 Å². The number of carbonyl (C=O) groups is 1. The molecule has 2 N–H and O–H groups in total. The van der Waals surface area contributed by atoms with Gasteiger partial charge in [-0.3, -0.25) is 4.79 Å². The zero-order chi connectivity index (χ0) is 20.5. The van der Waals surface area contributed by atoms with Gasteiger partial charge in [-0.05, 0) is 36.6 Å². The van der Waals surface area contributed by atoms with Gasteiger partial charge < -0.3 is 10.3 Å². The first-order valence-electron chi connectivity index (χ1n) is 9.71. The molecule has 2 fully saturated rings. The first-order valence-corrected chi connectivity index (χ1v) is 12.7. The van der Waals surface area contributed by atoms with Gasteiger partial charge in [-0.2, -0.15) is 16.1 Å². The Morgan fingerprint density at radius 3 is 2.52 bits per heavy atom. The van der Waals surface area contributed by atoms with Crippen LogP contribution in [0.15, 0.2) is 41.4 Å². The minimum absolute atomic E-state index is 0.0762. The van der Waals surface area contributed by atoms with E-state index in [2.05, 4.69) is 10.3 Å². The van der Waals surface area contributed by atoms with Crippen LogP contribution < -0.4 is 5.32 Å². The van der Waals surface area contributed by atoms with E-state index in [9.17, 15) is 13.2 Å². The number of aromatic amines is 1. The van der Waals surface area contributed by atoms with E-state index in [1.165, 1.54) is 22.1 Å². The number of hydrogen-bond donors (Lipinski definition) is 2. The molecule has 0 radical (unpaired) electrons. The summed E-state index contributed by atoms with van der Waals surface area (Å²) in [4.78, 5) is 15.6. The molecule has 1 saturated carbocycles. The van der Waals surface area contributed by atoms with E-state index in [4.69, 9.17) is 11.6 Å². The van der Waals surface area contributed by atoms with Gasteiger partial charge in [0, 0.05) is 47.8 Å². The number of benzene rings is 1. The predicted octanol–water partition coefficient (Wildman–Crippen LogP) is 3.26. The Labute approximate surface area is 180 Å². The third-order valence-electron chi connectivity index (χ3n) is 5.86. The van der Waals surface area contributed by atoms with Crippen molar-refractivity contribution in [1.82, 2.24) is 14.6 Å². The van der Waals surface area contributed by atoms with E-state index >= 15 is 0 Å². The highest BCUT2D eigenvalue weighted by Gasteiger charge is 2.39. The molecular weight excluding hydrogens is 430 g/mol. The van der Waals surface area contributed by atoms with E-state index < -0.39 is 10.0 Å². The molecule has 1 aliphatic carbocycles. The van der Waals surface area contributed by atoms with Crippen LogP contribution in [-0.2, 0) is 15.4 Å². The van der Waals surface area contributed by atoms with Gasteiger partial charge in [0.25, 0.3) is 5.91 Å². The van der Waals surface area contributed by atoms with Gasteiger partial charge in [0.15, 0.2) is 0 Å². The van der Waals surface area contributed by atoms with Crippen molar-refractivity contribution in [2.75, 3.05) is 31.1 Å². The standard InChI is InChI=1S/C20H24ClN3O3S2/c21-16-4-2-15(3-5-16)20(6-1-7-20)14-23-19(25)18-12-17(13-22-18)29(26,27)24-8-10-28-11-9-24/h2-5,12-13,22H,1,6-11,14H2,(H,23,25). The quantitative estimate of drug-likeness (QED) is 0.703. The van der Waals surface area contributed by atoms with Crippen molar-refractivity contribution in [1.29, 1.82) is 0 Å². The van der Waals surface area contributed by atoms with Crippen molar-refractivity contribution in [3.8, 4) is 0 Å². The fourth-order valence-electron chi connectivity index (χ4n) is 3.91. The maximum absolute atomic E-state index is 12.8. The molecule has 2 aromatic rings. The monoisotopic (exact) mass is 453 g/mol. The summed E-state index contributed by atoms with van der Waals surface area (Å²) in [7, 11) is -3.56. The van der Waals surface area contributed by atoms with Crippen LogP contribution in [0.1, 0.15) is 35.3 Å². The van der Waals surface area contributed by atoms with E-state index in [1.54, 1.807) is 11.8 Å². The smallest absolute Gasteiger partial charge is 0.267 e. The molecule has 0 bridgehead atoms. The Morgan fingerprint density at radius 1 is 1.21 bits per heavy atom. The number of rotatable bonds is 6. The lowest BCUT2D eigenvalue weighted by Crippen LogP contribution is -2.45. The molecule has 1 aromatic heterocycles. The summed E-state index contributed by atoms with van der Waals surface area (Å²) in [5, 5.41) is 3.68. The molecule has 1 aliphatic heterocycles. The summed E-state index contributed by atoms with van der Waals surface area (Å²) in [5.41, 5.74) is 1.36. The fraction of sp³-hybridized carbons (Fsp3) is 0.450. The molecular formula is C20H24ClN3O3S2. The Morgan fingerprint density at radius 2 is 1.90 bits per heavy atom. The van der Waals surface area contributed by atoms with Crippen molar-refractivity contribution in [2.45, 2.75) is 29.6 Å². The normalized spacial score (nSPS) is 19.5. The molecule has 9 heteroatoms. The Balaban J connectivity index is 1.43. The van der Waals surface area contributed by atoms with Gasteiger partial charge in [-0.15, -0.1) is 0 Å². The third kappa shape index (κ3) is 4.21. The zero-order valence-electron chi connectivity index (χ0n) is 16.0. The Bertz CT molecular complexity index is 979. The molecule has 6 nitrogen and oxygen atoms in total. The Kier molecular flexibility index (Phi) is 5.97. The van der Waals surface area contributed by atoms with Crippen LogP contribution in [0.2, 0.25) is 5.02 Å². The molecule has 0 unspecified atom stereocenters. The van der Waals surface area contributed by atoms with E-state index in [-0.39, 0.29) is 21.9 Å². The number of amides is 1. The fourth-order valence-corrected chi connectivity index (χ4v) is 6.61. The SMILES string of the molecule is O=C(NCC1(c2ccc(Cl)cc2)CCC1)c1cc(S(=O)(=O)N2CCSCC2)c[nH]1. The number of hydrogen-bond acceptors (Lipinski definition) is 4.